The van der Waals surface area contributed by atoms with E-state index < -0.39 is 17.8 Å². The molecule has 6 heteroatoms. The fraction of sp³-hybridized carbons (Fsp3) is 0.417. The van der Waals surface area contributed by atoms with Gasteiger partial charge in [0.25, 0.3) is 5.91 Å². The van der Waals surface area contributed by atoms with Crippen molar-refractivity contribution in [2.24, 2.45) is 11.8 Å². The van der Waals surface area contributed by atoms with Crippen LogP contribution >= 0.6 is 11.6 Å². The molecule has 0 radical (unpaired) electrons. The van der Waals surface area contributed by atoms with Gasteiger partial charge in [-0.15, -0.1) is 0 Å². The summed E-state index contributed by atoms with van der Waals surface area (Å²) in [7, 11) is 0. The van der Waals surface area contributed by atoms with Crippen LogP contribution in [0.5, 0.6) is 0 Å². The molecule has 1 aromatic heterocycles. The minimum Gasteiger partial charge on any atom is -0.481 e. The van der Waals surface area contributed by atoms with Gasteiger partial charge in [0.15, 0.2) is 0 Å². The van der Waals surface area contributed by atoms with Crippen LogP contribution in [-0.2, 0) is 4.79 Å². The molecule has 1 atom stereocenters. The van der Waals surface area contributed by atoms with Gasteiger partial charge in [0.1, 0.15) is 10.8 Å². The number of amides is 1. The number of aromatic nitrogens is 1. The maximum atomic E-state index is 11.7. The first-order valence-electron chi connectivity index (χ1n) is 5.55. The summed E-state index contributed by atoms with van der Waals surface area (Å²) >= 11 is 5.67. The number of hydrogen-bond donors (Lipinski definition) is 2. The van der Waals surface area contributed by atoms with E-state index in [1.54, 1.807) is 26.0 Å². The Bertz CT molecular complexity index is 449. The number of nitrogens with zero attached hydrogens (tertiary/aromatic N) is 1. The molecule has 1 unspecified atom stereocenters. The number of nitrogens with one attached hydrogen (secondary N) is 1. The normalized spacial score (nSPS) is 12.2. The zero-order valence-electron chi connectivity index (χ0n) is 10.2. The van der Waals surface area contributed by atoms with Gasteiger partial charge in [-0.25, -0.2) is 4.98 Å². The van der Waals surface area contributed by atoms with Crippen molar-refractivity contribution in [1.29, 1.82) is 0 Å². The quantitative estimate of drug-likeness (QED) is 0.800. The maximum Gasteiger partial charge on any atom is 0.308 e. The number of hydrogen-bond acceptors (Lipinski definition) is 3. The summed E-state index contributed by atoms with van der Waals surface area (Å²) in [4.78, 5) is 26.5. The number of aliphatic carboxylic acids is 1. The molecule has 18 heavy (non-hydrogen) atoms. The van der Waals surface area contributed by atoms with E-state index in [9.17, 15) is 9.59 Å². The third-order valence-electron chi connectivity index (χ3n) is 2.55. The van der Waals surface area contributed by atoms with Crippen LogP contribution in [0.15, 0.2) is 18.2 Å². The molecule has 0 fully saturated rings. The van der Waals surface area contributed by atoms with Crippen molar-refractivity contribution in [2.45, 2.75) is 13.8 Å². The molecule has 98 valence electrons. The zero-order chi connectivity index (χ0) is 13.7. The van der Waals surface area contributed by atoms with Crippen LogP contribution in [0, 0.1) is 11.8 Å². The van der Waals surface area contributed by atoms with Gasteiger partial charge in [-0.05, 0) is 18.1 Å². The summed E-state index contributed by atoms with van der Waals surface area (Å²) in [6.07, 6.45) is 0. The molecule has 5 nitrogen and oxygen atoms in total. The second-order valence-corrected chi connectivity index (χ2v) is 4.63. The summed E-state index contributed by atoms with van der Waals surface area (Å²) in [5.74, 6) is -2.03. The molecule has 1 aromatic rings. The Labute approximate surface area is 110 Å². The van der Waals surface area contributed by atoms with E-state index in [1.165, 1.54) is 6.07 Å². The Hall–Kier alpha value is -1.62. The Morgan fingerprint density at radius 1 is 1.44 bits per heavy atom. The van der Waals surface area contributed by atoms with Crippen LogP contribution in [0.1, 0.15) is 24.3 Å². The molecule has 0 spiro atoms. The molecule has 0 aliphatic rings. The van der Waals surface area contributed by atoms with Gasteiger partial charge in [-0.2, -0.15) is 0 Å². The second kappa shape index (κ2) is 6.35. The van der Waals surface area contributed by atoms with Gasteiger partial charge in [0.05, 0.1) is 5.92 Å². The van der Waals surface area contributed by atoms with E-state index in [0.29, 0.717) is 0 Å². The number of pyridine rings is 1. The smallest absolute Gasteiger partial charge is 0.308 e. The van der Waals surface area contributed by atoms with E-state index in [1.807, 2.05) is 0 Å². The molecule has 0 bridgehead atoms. The van der Waals surface area contributed by atoms with Crippen LogP contribution in [0.3, 0.4) is 0 Å². The predicted octanol–water partition coefficient (Wildman–Crippen LogP) is 1.82. The SMILES string of the molecule is CC(C)C(CNC(=O)c1cccc(Cl)n1)C(=O)O. The summed E-state index contributed by atoms with van der Waals surface area (Å²) in [6.45, 7) is 3.66. The molecule has 0 saturated carbocycles. The maximum absolute atomic E-state index is 11.7. The second-order valence-electron chi connectivity index (χ2n) is 4.24. The van der Waals surface area contributed by atoms with Crippen LogP contribution in [0.25, 0.3) is 0 Å². The third-order valence-corrected chi connectivity index (χ3v) is 2.76. The molecule has 0 aliphatic heterocycles. The highest BCUT2D eigenvalue weighted by atomic mass is 35.5. The lowest BCUT2D eigenvalue weighted by Crippen LogP contribution is -2.35. The highest BCUT2D eigenvalue weighted by molar-refractivity contribution is 6.29. The Kier molecular flexibility index (Phi) is 5.09. The monoisotopic (exact) mass is 270 g/mol. The van der Waals surface area contributed by atoms with Crippen molar-refractivity contribution in [3.63, 3.8) is 0 Å². The van der Waals surface area contributed by atoms with E-state index in [0.717, 1.165) is 0 Å². The molecule has 0 aliphatic carbocycles. The fourth-order valence-electron chi connectivity index (χ4n) is 1.44. The van der Waals surface area contributed by atoms with Crippen LogP contribution in [0.4, 0.5) is 0 Å². The molecule has 1 amide bonds. The van der Waals surface area contributed by atoms with E-state index >= 15 is 0 Å². The lowest BCUT2D eigenvalue weighted by Gasteiger charge is -2.16. The number of carbonyl (C=O) groups is 2. The minimum atomic E-state index is -0.927. The molecular weight excluding hydrogens is 256 g/mol. The third kappa shape index (κ3) is 4.00. The first kappa shape index (κ1) is 14.4. The van der Waals surface area contributed by atoms with Crippen LogP contribution in [0.2, 0.25) is 5.15 Å². The number of halogens is 1. The van der Waals surface area contributed by atoms with Crippen LogP contribution in [-0.4, -0.2) is 28.5 Å². The van der Waals surface area contributed by atoms with Gasteiger partial charge in [0, 0.05) is 6.54 Å². The van der Waals surface area contributed by atoms with E-state index in [2.05, 4.69) is 10.3 Å². The summed E-state index contributed by atoms with van der Waals surface area (Å²) < 4.78 is 0. The number of rotatable bonds is 5. The Morgan fingerprint density at radius 2 is 2.11 bits per heavy atom. The van der Waals surface area contributed by atoms with Crippen molar-refractivity contribution in [1.82, 2.24) is 10.3 Å². The first-order valence-corrected chi connectivity index (χ1v) is 5.93. The average molecular weight is 271 g/mol. The number of carboxylic acids is 1. The van der Waals surface area contributed by atoms with Gasteiger partial charge >= 0.3 is 5.97 Å². The number of carboxylic acid groups (broad SMARTS) is 1. The summed E-state index contributed by atoms with van der Waals surface area (Å²) in [5.41, 5.74) is 0.176. The lowest BCUT2D eigenvalue weighted by atomic mass is 9.96. The molecule has 1 rings (SSSR count). The van der Waals surface area contributed by atoms with Gasteiger partial charge in [0.2, 0.25) is 0 Å². The van der Waals surface area contributed by atoms with Crippen LogP contribution < -0.4 is 5.32 Å². The summed E-state index contributed by atoms with van der Waals surface area (Å²) in [5, 5.41) is 11.8. The fourth-order valence-corrected chi connectivity index (χ4v) is 1.60. The zero-order valence-corrected chi connectivity index (χ0v) is 10.9. The summed E-state index contributed by atoms with van der Waals surface area (Å²) in [6, 6.07) is 4.69. The molecular formula is C12H15ClN2O3. The van der Waals surface area contributed by atoms with Crippen molar-refractivity contribution in [3.05, 3.63) is 29.0 Å². The highest BCUT2D eigenvalue weighted by Gasteiger charge is 2.22. The van der Waals surface area contributed by atoms with E-state index in [-0.39, 0.29) is 23.3 Å². The standard InChI is InChI=1S/C12H15ClN2O3/c1-7(2)8(12(17)18)6-14-11(16)9-4-3-5-10(13)15-9/h3-5,7-8H,6H2,1-2H3,(H,14,16)(H,17,18). The lowest BCUT2D eigenvalue weighted by molar-refractivity contribution is -0.142. The predicted molar refractivity (Wildman–Crippen MR) is 67.5 cm³/mol. The topological polar surface area (TPSA) is 79.3 Å². The molecule has 0 saturated heterocycles. The molecule has 1 heterocycles. The van der Waals surface area contributed by atoms with Crippen molar-refractivity contribution in [2.75, 3.05) is 6.54 Å². The van der Waals surface area contributed by atoms with Crippen molar-refractivity contribution >= 4 is 23.5 Å². The highest BCUT2D eigenvalue weighted by Crippen LogP contribution is 2.10. The van der Waals surface area contributed by atoms with Crippen molar-refractivity contribution in [3.8, 4) is 0 Å². The van der Waals surface area contributed by atoms with Gasteiger partial charge < -0.3 is 10.4 Å². The Balaban J connectivity index is 2.63. The Morgan fingerprint density at radius 3 is 2.61 bits per heavy atom. The first-order chi connectivity index (χ1) is 8.41. The molecule has 0 aromatic carbocycles. The minimum absolute atomic E-state index is 0.0601. The largest absolute Gasteiger partial charge is 0.481 e. The van der Waals surface area contributed by atoms with E-state index in [4.69, 9.17) is 16.7 Å². The average Bonchev–Trinajstić information content (AvgIpc) is 2.28. The number of carbonyl (C=O) groups excluding carboxylic acids is 1. The van der Waals surface area contributed by atoms with Crippen molar-refractivity contribution < 1.29 is 14.7 Å². The van der Waals surface area contributed by atoms with Gasteiger partial charge in [-0.3, -0.25) is 9.59 Å². The molecule has 2 N–H and O–H groups in total. The van der Waals surface area contributed by atoms with Gasteiger partial charge in [-0.1, -0.05) is 31.5 Å².